The fraction of sp³-hybridized carbons (Fsp3) is 0.895. The molecule has 0 rings (SSSR count). The molecular formula is C19H41IN4O4S. The highest BCUT2D eigenvalue weighted by Crippen LogP contribution is 2.14. The highest BCUT2D eigenvalue weighted by atomic mass is 127. The molecule has 10 heteroatoms. The molecule has 0 spiro atoms. The van der Waals surface area contributed by atoms with E-state index in [-0.39, 0.29) is 42.5 Å². The zero-order chi connectivity index (χ0) is 22.3. The first-order chi connectivity index (χ1) is 12.5. The van der Waals surface area contributed by atoms with Gasteiger partial charge in [0.1, 0.15) is 5.60 Å². The van der Waals surface area contributed by atoms with E-state index in [1.54, 1.807) is 20.9 Å². The third-order valence-electron chi connectivity index (χ3n) is 4.53. The van der Waals surface area contributed by atoms with Crippen LogP contribution in [0.25, 0.3) is 0 Å². The van der Waals surface area contributed by atoms with Crippen molar-refractivity contribution in [2.45, 2.75) is 71.3 Å². The number of ether oxygens (including phenoxy) is 1. The third-order valence-corrected chi connectivity index (χ3v) is 6.68. The lowest BCUT2D eigenvalue weighted by molar-refractivity contribution is 0.0485. The van der Waals surface area contributed by atoms with Gasteiger partial charge < -0.3 is 20.3 Å². The zero-order valence-corrected chi connectivity index (χ0v) is 22.8. The molecule has 1 atom stereocenters. The molecule has 174 valence electrons. The molecule has 8 nitrogen and oxygen atoms in total. The second-order valence-electron chi connectivity index (χ2n) is 9.14. The van der Waals surface area contributed by atoms with Crippen LogP contribution < -0.4 is 10.6 Å². The zero-order valence-electron chi connectivity index (χ0n) is 19.6. The fourth-order valence-corrected chi connectivity index (χ4v) is 2.61. The van der Waals surface area contributed by atoms with E-state index in [4.69, 9.17) is 4.74 Å². The number of hydrogen-bond acceptors (Lipinski definition) is 5. The molecule has 0 heterocycles. The van der Waals surface area contributed by atoms with Gasteiger partial charge in [0, 0.05) is 39.5 Å². The van der Waals surface area contributed by atoms with E-state index >= 15 is 0 Å². The van der Waals surface area contributed by atoms with E-state index in [1.807, 2.05) is 46.6 Å². The van der Waals surface area contributed by atoms with Gasteiger partial charge in [-0.15, -0.1) is 24.0 Å². The molecule has 0 saturated carbocycles. The molecule has 0 fully saturated rings. The number of rotatable bonds is 8. The summed E-state index contributed by atoms with van der Waals surface area (Å²) < 4.78 is 28.2. The maximum absolute atomic E-state index is 12.1. The number of guanidine groups is 1. The Morgan fingerprint density at radius 3 is 2.07 bits per heavy atom. The van der Waals surface area contributed by atoms with Crippen molar-refractivity contribution >= 4 is 45.9 Å². The highest BCUT2D eigenvalue weighted by Gasteiger charge is 2.30. The van der Waals surface area contributed by atoms with E-state index in [0.717, 1.165) is 0 Å². The van der Waals surface area contributed by atoms with Crippen molar-refractivity contribution in [3.63, 3.8) is 0 Å². The van der Waals surface area contributed by atoms with Crippen molar-refractivity contribution in [2.75, 3.05) is 33.4 Å². The second-order valence-corrected chi connectivity index (χ2v) is 11.8. The van der Waals surface area contributed by atoms with Gasteiger partial charge in [0.05, 0.1) is 4.75 Å². The summed E-state index contributed by atoms with van der Waals surface area (Å²) in [6.07, 6.45) is 1.51. The van der Waals surface area contributed by atoms with Crippen molar-refractivity contribution < 1.29 is 17.9 Å². The van der Waals surface area contributed by atoms with Gasteiger partial charge >= 0.3 is 6.09 Å². The van der Waals surface area contributed by atoms with Gasteiger partial charge in [0.2, 0.25) is 0 Å². The molecule has 0 aliphatic heterocycles. The van der Waals surface area contributed by atoms with Gasteiger partial charge in [-0.3, -0.25) is 4.99 Å². The Labute approximate surface area is 194 Å². The summed E-state index contributed by atoms with van der Waals surface area (Å²) in [5, 5.41) is 6.06. The Bertz CT molecular complexity index is 643. The van der Waals surface area contributed by atoms with Crippen LogP contribution in [0.4, 0.5) is 4.79 Å². The minimum Gasteiger partial charge on any atom is -0.444 e. The Morgan fingerprint density at radius 2 is 1.69 bits per heavy atom. The Balaban J connectivity index is 0. The maximum atomic E-state index is 12.1. The SMILES string of the molecule is CN=C(NCC(C)(C)S(C)(=O)=O)N(C)CCC(NC(=O)OC(C)(C)C)C(C)C.I. The minimum atomic E-state index is -3.19. The standard InChI is InChI=1S/C19H40N4O4S.HI/c1-14(2)15(22-17(24)27-18(3,4)5)11-12-23(9)16(20-8)21-13-19(6,7)28(10,25)26;/h14-15H,11-13H2,1-10H3,(H,20,21)(H,22,24);1H. The van der Waals surface area contributed by atoms with Crippen LogP contribution in [0.2, 0.25) is 0 Å². The molecule has 0 aromatic heterocycles. The van der Waals surface area contributed by atoms with Gasteiger partial charge in [0.15, 0.2) is 15.8 Å². The molecule has 0 aliphatic rings. The summed E-state index contributed by atoms with van der Waals surface area (Å²) in [4.78, 5) is 18.2. The predicted molar refractivity (Wildman–Crippen MR) is 131 cm³/mol. The third kappa shape index (κ3) is 11.9. The van der Waals surface area contributed by atoms with Crippen LogP contribution >= 0.6 is 24.0 Å². The molecular weight excluding hydrogens is 507 g/mol. The van der Waals surface area contributed by atoms with Crippen LogP contribution in [0.15, 0.2) is 4.99 Å². The highest BCUT2D eigenvalue weighted by molar-refractivity contribution is 14.0. The molecule has 0 radical (unpaired) electrons. The Kier molecular flexibility index (Phi) is 12.8. The second kappa shape index (κ2) is 12.2. The van der Waals surface area contributed by atoms with E-state index < -0.39 is 26.3 Å². The van der Waals surface area contributed by atoms with E-state index in [9.17, 15) is 13.2 Å². The van der Waals surface area contributed by atoms with E-state index in [1.165, 1.54) is 6.26 Å². The molecule has 0 saturated heterocycles. The molecule has 0 aromatic carbocycles. The van der Waals surface area contributed by atoms with Gasteiger partial charge in [-0.05, 0) is 47.0 Å². The topological polar surface area (TPSA) is 100 Å². The summed E-state index contributed by atoms with van der Waals surface area (Å²) in [7, 11) is 0.346. The molecule has 0 aliphatic carbocycles. The molecule has 2 N–H and O–H groups in total. The number of amides is 1. The van der Waals surface area contributed by atoms with Crippen molar-refractivity contribution in [3.05, 3.63) is 0 Å². The normalized spacial score (nSPS) is 14.1. The first-order valence-electron chi connectivity index (χ1n) is 9.61. The van der Waals surface area contributed by atoms with Crippen LogP contribution in [0, 0.1) is 5.92 Å². The fourth-order valence-electron chi connectivity index (χ4n) is 2.28. The van der Waals surface area contributed by atoms with Crippen LogP contribution in [0.3, 0.4) is 0 Å². The number of nitrogens with one attached hydrogen (secondary N) is 2. The summed E-state index contributed by atoms with van der Waals surface area (Å²) in [5.41, 5.74) is -0.541. The van der Waals surface area contributed by atoms with E-state index in [2.05, 4.69) is 15.6 Å². The number of alkyl carbamates (subject to hydrolysis) is 1. The summed E-state index contributed by atoms with van der Waals surface area (Å²) in [5.74, 6) is 0.844. The predicted octanol–water partition coefficient (Wildman–Crippen LogP) is 2.87. The quantitative estimate of drug-likeness (QED) is 0.275. The number of hydrogen-bond donors (Lipinski definition) is 2. The van der Waals surface area contributed by atoms with Crippen LogP contribution in [-0.2, 0) is 14.6 Å². The lowest BCUT2D eigenvalue weighted by Gasteiger charge is -2.30. The summed E-state index contributed by atoms with van der Waals surface area (Å²) in [6.45, 7) is 13.8. The minimum absolute atomic E-state index is 0. The van der Waals surface area contributed by atoms with Crippen LogP contribution in [0.1, 0.15) is 54.9 Å². The first kappa shape index (κ1) is 30.4. The molecule has 0 aromatic rings. The van der Waals surface area contributed by atoms with Crippen molar-refractivity contribution in [1.82, 2.24) is 15.5 Å². The number of carbonyl (C=O) groups excluding carboxylic acids is 1. The lowest BCUT2D eigenvalue weighted by atomic mass is 10.0. The number of nitrogens with zero attached hydrogens (tertiary/aromatic N) is 2. The average Bonchev–Trinajstić information content (AvgIpc) is 2.48. The van der Waals surface area contributed by atoms with Crippen LogP contribution in [0.5, 0.6) is 0 Å². The largest absolute Gasteiger partial charge is 0.444 e. The first-order valence-corrected chi connectivity index (χ1v) is 11.5. The summed E-state index contributed by atoms with van der Waals surface area (Å²) in [6, 6.07) is -0.0529. The summed E-state index contributed by atoms with van der Waals surface area (Å²) >= 11 is 0. The van der Waals surface area contributed by atoms with Crippen molar-refractivity contribution in [3.8, 4) is 0 Å². The number of aliphatic imine (C=N–C) groups is 1. The van der Waals surface area contributed by atoms with Crippen LogP contribution in [-0.4, -0.2) is 75.2 Å². The number of carbonyl (C=O) groups is 1. The molecule has 29 heavy (non-hydrogen) atoms. The molecule has 0 bridgehead atoms. The maximum Gasteiger partial charge on any atom is 0.407 e. The number of sulfone groups is 1. The van der Waals surface area contributed by atoms with Crippen molar-refractivity contribution in [2.24, 2.45) is 10.9 Å². The average molecular weight is 549 g/mol. The van der Waals surface area contributed by atoms with Gasteiger partial charge in [0.25, 0.3) is 0 Å². The molecule has 1 amide bonds. The lowest BCUT2D eigenvalue weighted by Crippen LogP contribution is -2.49. The Morgan fingerprint density at radius 1 is 1.17 bits per heavy atom. The van der Waals surface area contributed by atoms with Crippen molar-refractivity contribution in [1.29, 1.82) is 0 Å². The van der Waals surface area contributed by atoms with E-state index in [0.29, 0.717) is 18.9 Å². The Hall–Kier alpha value is -0.780. The smallest absolute Gasteiger partial charge is 0.407 e. The van der Waals surface area contributed by atoms with Gasteiger partial charge in [-0.25, -0.2) is 13.2 Å². The van der Waals surface area contributed by atoms with Gasteiger partial charge in [-0.1, -0.05) is 13.8 Å². The molecule has 1 unspecified atom stereocenters. The van der Waals surface area contributed by atoms with Gasteiger partial charge in [-0.2, -0.15) is 0 Å². The number of halogens is 1. The monoisotopic (exact) mass is 548 g/mol.